The number of fused-ring (bicyclic) bond motifs is 1. The Balaban J connectivity index is 1.60. The number of hydrogen-bond acceptors (Lipinski definition) is 3. The second-order valence-corrected chi connectivity index (χ2v) is 5.87. The number of benzene rings is 3. The maximum atomic E-state index is 5.50. The molecule has 0 fully saturated rings. The van der Waals surface area contributed by atoms with Gasteiger partial charge in [-0.2, -0.15) is 0 Å². The van der Waals surface area contributed by atoms with Gasteiger partial charge < -0.3 is 14.8 Å². The Hall–Kier alpha value is -2.94. The van der Waals surface area contributed by atoms with Crippen LogP contribution >= 0.6 is 0 Å². The van der Waals surface area contributed by atoms with E-state index in [9.17, 15) is 0 Å². The first-order valence-electron chi connectivity index (χ1n) is 8.13. The topological polar surface area (TPSA) is 30.5 Å². The van der Waals surface area contributed by atoms with Gasteiger partial charge in [0.25, 0.3) is 0 Å². The van der Waals surface area contributed by atoms with Crippen LogP contribution < -0.4 is 14.8 Å². The first-order valence-corrected chi connectivity index (χ1v) is 8.13. The fraction of sp³-hybridized carbons (Fsp3) is 0.143. The molecule has 0 saturated heterocycles. The van der Waals surface area contributed by atoms with Gasteiger partial charge in [-0.05, 0) is 41.8 Å². The molecule has 24 heavy (non-hydrogen) atoms. The summed E-state index contributed by atoms with van der Waals surface area (Å²) in [5.74, 6) is 1.66. The predicted molar refractivity (Wildman–Crippen MR) is 95.5 cm³/mol. The number of nitrogens with one attached hydrogen (secondary N) is 1. The van der Waals surface area contributed by atoms with Crippen molar-refractivity contribution in [3.05, 3.63) is 90.0 Å². The van der Waals surface area contributed by atoms with Gasteiger partial charge in [-0.15, -0.1) is 0 Å². The van der Waals surface area contributed by atoms with E-state index in [1.807, 2.05) is 30.3 Å². The van der Waals surface area contributed by atoms with E-state index in [1.54, 1.807) is 0 Å². The number of ether oxygens (including phenoxy) is 2. The van der Waals surface area contributed by atoms with Crippen LogP contribution in [-0.4, -0.2) is 6.79 Å². The van der Waals surface area contributed by atoms with E-state index in [0.717, 1.165) is 23.6 Å². The first kappa shape index (κ1) is 14.6. The maximum Gasteiger partial charge on any atom is 0.231 e. The van der Waals surface area contributed by atoms with Crippen molar-refractivity contribution in [1.29, 1.82) is 0 Å². The second kappa shape index (κ2) is 6.67. The van der Waals surface area contributed by atoms with Gasteiger partial charge in [-0.1, -0.05) is 54.6 Å². The lowest BCUT2D eigenvalue weighted by molar-refractivity contribution is 0.174. The van der Waals surface area contributed by atoms with E-state index in [4.69, 9.17) is 9.47 Å². The molecule has 4 rings (SSSR count). The quantitative estimate of drug-likeness (QED) is 0.732. The monoisotopic (exact) mass is 317 g/mol. The zero-order valence-corrected chi connectivity index (χ0v) is 13.3. The molecule has 0 aromatic heterocycles. The van der Waals surface area contributed by atoms with Gasteiger partial charge in [0, 0.05) is 5.69 Å². The molecule has 0 radical (unpaired) electrons. The average Bonchev–Trinajstić information content (AvgIpc) is 3.11. The molecule has 1 N–H and O–H groups in total. The van der Waals surface area contributed by atoms with E-state index < -0.39 is 0 Å². The van der Waals surface area contributed by atoms with Crippen molar-refractivity contribution in [2.24, 2.45) is 0 Å². The summed E-state index contributed by atoms with van der Waals surface area (Å²) in [4.78, 5) is 0. The van der Waals surface area contributed by atoms with Crippen LogP contribution in [0, 0.1) is 0 Å². The third-order valence-corrected chi connectivity index (χ3v) is 4.19. The summed E-state index contributed by atoms with van der Waals surface area (Å²) in [6.45, 7) is 0.309. The Morgan fingerprint density at radius 3 is 2.29 bits per heavy atom. The molecule has 120 valence electrons. The zero-order valence-electron chi connectivity index (χ0n) is 13.3. The molecule has 3 heteroatoms. The number of anilines is 1. The fourth-order valence-electron chi connectivity index (χ4n) is 2.98. The third-order valence-electron chi connectivity index (χ3n) is 4.19. The standard InChI is InChI=1S/C21H19NO2/c1-3-7-17(8-4-1)19(22-18-9-5-2-6-10-18)13-16-11-12-20-21(14-16)24-15-23-20/h1-12,14,19,22H,13,15H2/t19-/m1/s1. The summed E-state index contributed by atoms with van der Waals surface area (Å²) >= 11 is 0. The van der Waals surface area contributed by atoms with Gasteiger partial charge >= 0.3 is 0 Å². The normalized spacial score (nSPS) is 13.5. The third kappa shape index (κ3) is 3.20. The minimum Gasteiger partial charge on any atom is -0.454 e. The SMILES string of the molecule is c1ccc(N[C@H](Cc2ccc3c(c2)OCO3)c2ccccc2)cc1. The highest BCUT2D eigenvalue weighted by Crippen LogP contribution is 2.34. The molecule has 1 aliphatic rings. The van der Waals surface area contributed by atoms with Crippen LogP contribution in [0.25, 0.3) is 0 Å². The molecule has 0 unspecified atom stereocenters. The predicted octanol–water partition coefficient (Wildman–Crippen LogP) is 4.81. The Bertz CT molecular complexity index is 803. The minimum absolute atomic E-state index is 0.189. The smallest absolute Gasteiger partial charge is 0.231 e. The summed E-state index contributed by atoms with van der Waals surface area (Å²) < 4.78 is 10.9. The molecular formula is C21H19NO2. The van der Waals surface area contributed by atoms with Crippen molar-refractivity contribution >= 4 is 5.69 Å². The summed E-state index contributed by atoms with van der Waals surface area (Å²) in [6, 6.07) is 27.2. The summed E-state index contributed by atoms with van der Waals surface area (Å²) in [5.41, 5.74) is 3.60. The van der Waals surface area contributed by atoms with E-state index in [2.05, 4.69) is 53.8 Å². The van der Waals surface area contributed by atoms with Gasteiger partial charge in [0.1, 0.15) is 0 Å². The zero-order chi connectivity index (χ0) is 16.2. The first-order chi connectivity index (χ1) is 11.9. The van der Waals surface area contributed by atoms with Crippen LogP contribution in [0.5, 0.6) is 11.5 Å². The van der Waals surface area contributed by atoms with Crippen LogP contribution in [0.2, 0.25) is 0 Å². The minimum atomic E-state index is 0.189. The van der Waals surface area contributed by atoms with Crippen LogP contribution in [-0.2, 0) is 6.42 Å². The molecule has 1 heterocycles. The van der Waals surface area contributed by atoms with Gasteiger partial charge in [0.2, 0.25) is 6.79 Å². The molecule has 0 amide bonds. The van der Waals surface area contributed by atoms with Crippen LogP contribution in [0.15, 0.2) is 78.9 Å². The van der Waals surface area contributed by atoms with E-state index in [-0.39, 0.29) is 6.04 Å². The highest BCUT2D eigenvalue weighted by atomic mass is 16.7. The van der Waals surface area contributed by atoms with Crippen LogP contribution in [0.1, 0.15) is 17.2 Å². The Labute approximate surface area is 141 Å². The van der Waals surface area contributed by atoms with Gasteiger partial charge in [-0.25, -0.2) is 0 Å². The molecular weight excluding hydrogens is 298 g/mol. The average molecular weight is 317 g/mol. The maximum absolute atomic E-state index is 5.50. The van der Waals surface area contributed by atoms with Crippen LogP contribution in [0.3, 0.4) is 0 Å². The number of para-hydroxylation sites is 1. The van der Waals surface area contributed by atoms with Crippen molar-refractivity contribution in [2.75, 3.05) is 12.1 Å². The lowest BCUT2D eigenvalue weighted by atomic mass is 9.98. The molecule has 1 atom stereocenters. The number of hydrogen-bond donors (Lipinski definition) is 1. The molecule has 0 saturated carbocycles. The highest BCUT2D eigenvalue weighted by molar-refractivity contribution is 5.48. The molecule has 3 aromatic rings. The summed E-state index contributed by atoms with van der Waals surface area (Å²) in [7, 11) is 0. The fourth-order valence-corrected chi connectivity index (χ4v) is 2.98. The highest BCUT2D eigenvalue weighted by Gasteiger charge is 2.17. The Kier molecular flexibility index (Phi) is 4.07. The Morgan fingerprint density at radius 1 is 0.792 bits per heavy atom. The lowest BCUT2D eigenvalue weighted by Gasteiger charge is -2.21. The Morgan fingerprint density at radius 2 is 1.50 bits per heavy atom. The second-order valence-electron chi connectivity index (χ2n) is 5.87. The molecule has 0 bridgehead atoms. The van der Waals surface area contributed by atoms with Gasteiger partial charge in [0.15, 0.2) is 11.5 Å². The molecule has 0 aliphatic carbocycles. The molecule has 1 aliphatic heterocycles. The largest absolute Gasteiger partial charge is 0.454 e. The molecule has 3 aromatic carbocycles. The molecule has 3 nitrogen and oxygen atoms in total. The van der Waals surface area contributed by atoms with Crippen molar-refractivity contribution in [1.82, 2.24) is 0 Å². The van der Waals surface area contributed by atoms with Crippen molar-refractivity contribution < 1.29 is 9.47 Å². The number of rotatable bonds is 5. The van der Waals surface area contributed by atoms with E-state index >= 15 is 0 Å². The van der Waals surface area contributed by atoms with Crippen LogP contribution in [0.4, 0.5) is 5.69 Å². The van der Waals surface area contributed by atoms with E-state index in [1.165, 1.54) is 11.1 Å². The lowest BCUT2D eigenvalue weighted by Crippen LogP contribution is -2.13. The van der Waals surface area contributed by atoms with Crippen molar-refractivity contribution in [3.8, 4) is 11.5 Å². The van der Waals surface area contributed by atoms with Crippen molar-refractivity contribution in [2.45, 2.75) is 12.5 Å². The summed E-state index contributed by atoms with van der Waals surface area (Å²) in [5, 5.41) is 3.64. The van der Waals surface area contributed by atoms with Crippen molar-refractivity contribution in [3.63, 3.8) is 0 Å². The van der Waals surface area contributed by atoms with E-state index in [0.29, 0.717) is 6.79 Å². The van der Waals surface area contributed by atoms with Gasteiger partial charge in [0.05, 0.1) is 6.04 Å². The van der Waals surface area contributed by atoms with Gasteiger partial charge in [-0.3, -0.25) is 0 Å². The molecule has 0 spiro atoms. The summed E-state index contributed by atoms with van der Waals surface area (Å²) in [6.07, 6.45) is 0.871.